The molecule has 0 heterocycles. The Labute approximate surface area is 163 Å². The molecule has 6 heteroatoms. The monoisotopic (exact) mass is 388 g/mol. The number of hydrogen-bond donors (Lipinski definition) is 1. The second-order valence-corrected chi connectivity index (χ2v) is 7.56. The van der Waals surface area contributed by atoms with E-state index in [9.17, 15) is 14.0 Å². The van der Waals surface area contributed by atoms with Crippen molar-refractivity contribution in [1.29, 1.82) is 0 Å². The van der Waals surface area contributed by atoms with Crippen LogP contribution in [0.4, 0.5) is 10.1 Å². The minimum absolute atomic E-state index is 0.184. The molecular formula is C21H22ClFN2O2. The van der Waals surface area contributed by atoms with Crippen molar-refractivity contribution in [3.8, 4) is 0 Å². The molecule has 2 amide bonds. The van der Waals surface area contributed by atoms with Crippen LogP contribution in [0.5, 0.6) is 0 Å². The Kier molecular flexibility index (Phi) is 5.51. The molecule has 1 aliphatic rings. The Morgan fingerprint density at radius 2 is 1.81 bits per heavy atom. The second-order valence-electron chi connectivity index (χ2n) is 7.15. The summed E-state index contributed by atoms with van der Waals surface area (Å²) in [5, 5.41) is 3.24. The number of carbonyl (C=O) groups is 2. The third kappa shape index (κ3) is 3.83. The Morgan fingerprint density at radius 1 is 1.11 bits per heavy atom. The van der Waals surface area contributed by atoms with Gasteiger partial charge < -0.3 is 10.2 Å². The summed E-state index contributed by atoms with van der Waals surface area (Å²) in [7, 11) is 3.28. The molecule has 0 unspecified atom stereocenters. The van der Waals surface area contributed by atoms with Crippen LogP contribution in [0.3, 0.4) is 0 Å². The molecule has 0 spiro atoms. The topological polar surface area (TPSA) is 49.4 Å². The number of benzene rings is 2. The molecule has 0 aromatic heterocycles. The molecule has 1 aliphatic carbocycles. The van der Waals surface area contributed by atoms with Crippen LogP contribution in [0.2, 0.25) is 5.02 Å². The summed E-state index contributed by atoms with van der Waals surface area (Å²) >= 11 is 6.14. The zero-order valence-electron chi connectivity index (χ0n) is 15.4. The summed E-state index contributed by atoms with van der Waals surface area (Å²) in [5.74, 6) is -0.773. The first-order valence-electron chi connectivity index (χ1n) is 8.92. The van der Waals surface area contributed by atoms with E-state index >= 15 is 0 Å². The van der Waals surface area contributed by atoms with E-state index in [-0.39, 0.29) is 17.6 Å². The highest BCUT2D eigenvalue weighted by atomic mass is 35.5. The second kappa shape index (κ2) is 7.69. The summed E-state index contributed by atoms with van der Waals surface area (Å²) in [6, 6.07) is 11.1. The van der Waals surface area contributed by atoms with Gasteiger partial charge in [0.15, 0.2) is 0 Å². The van der Waals surface area contributed by atoms with Crippen LogP contribution in [-0.2, 0) is 10.2 Å². The van der Waals surface area contributed by atoms with E-state index in [1.165, 1.54) is 17.0 Å². The lowest BCUT2D eigenvalue weighted by atomic mass is 9.78. The van der Waals surface area contributed by atoms with E-state index in [0.717, 1.165) is 12.8 Å². The molecule has 1 fully saturated rings. The van der Waals surface area contributed by atoms with E-state index < -0.39 is 5.41 Å². The van der Waals surface area contributed by atoms with Crippen LogP contribution in [0, 0.1) is 5.82 Å². The van der Waals surface area contributed by atoms with E-state index in [1.54, 1.807) is 44.4 Å². The number of rotatable bonds is 4. The molecule has 1 saturated carbocycles. The summed E-state index contributed by atoms with van der Waals surface area (Å²) in [6.07, 6.45) is 3.16. The number of nitrogens with zero attached hydrogens (tertiary/aromatic N) is 1. The number of nitrogens with one attached hydrogen (secondary N) is 1. The number of carbonyl (C=O) groups excluding carboxylic acids is 2. The predicted octanol–water partition coefficient (Wildman–Crippen LogP) is 4.63. The number of hydrogen-bond acceptors (Lipinski definition) is 2. The first-order chi connectivity index (χ1) is 12.8. The SMILES string of the molecule is CN(C)C(=O)c1cc(NC(=O)C2(c3cccc(F)c3)CCCC2)ccc1Cl. The molecule has 0 bridgehead atoms. The summed E-state index contributed by atoms with van der Waals surface area (Å²) in [4.78, 5) is 26.9. The molecule has 3 rings (SSSR count). The van der Waals surface area contributed by atoms with Crippen molar-refractivity contribution in [2.75, 3.05) is 19.4 Å². The van der Waals surface area contributed by atoms with E-state index in [0.29, 0.717) is 34.7 Å². The van der Waals surface area contributed by atoms with Gasteiger partial charge in [-0.05, 0) is 48.7 Å². The van der Waals surface area contributed by atoms with E-state index in [2.05, 4.69) is 5.32 Å². The Bertz CT molecular complexity index is 876. The van der Waals surface area contributed by atoms with Crippen molar-refractivity contribution in [3.05, 3.63) is 64.4 Å². The van der Waals surface area contributed by atoms with Crippen LogP contribution in [0.15, 0.2) is 42.5 Å². The zero-order valence-corrected chi connectivity index (χ0v) is 16.1. The molecule has 0 radical (unpaired) electrons. The Morgan fingerprint density at radius 3 is 2.44 bits per heavy atom. The number of halogens is 2. The van der Waals surface area contributed by atoms with E-state index in [4.69, 9.17) is 11.6 Å². The van der Waals surface area contributed by atoms with Gasteiger partial charge >= 0.3 is 0 Å². The largest absolute Gasteiger partial charge is 0.345 e. The maximum atomic E-state index is 13.8. The average molecular weight is 389 g/mol. The maximum absolute atomic E-state index is 13.8. The Hall–Kier alpha value is -2.40. The lowest BCUT2D eigenvalue weighted by Gasteiger charge is -2.28. The smallest absolute Gasteiger partial charge is 0.254 e. The Balaban J connectivity index is 1.91. The highest BCUT2D eigenvalue weighted by Crippen LogP contribution is 2.42. The van der Waals surface area contributed by atoms with Crippen molar-refractivity contribution >= 4 is 29.1 Å². The predicted molar refractivity (Wildman–Crippen MR) is 105 cm³/mol. The summed E-state index contributed by atoms with van der Waals surface area (Å²) in [5.41, 5.74) is 0.756. The van der Waals surface area contributed by atoms with Gasteiger partial charge in [0.05, 0.1) is 16.0 Å². The number of anilines is 1. The van der Waals surface area contributed by atoms with Crippen LogP contribution in [0.25, 0.3) is 0 Å². The molecule has 1 N–H and O–H groups in total. The lowest BCUT2D eigenvalue weighted by Crippen LogP contribution is -2.38. The third-order valence-electron chi connectivity index (χ3n) is 5.13. The van der Waals surface area contributed by atoms with Gasteiger partial charge in [-0.1, -0.05) is 36.6 Å². The minimum atomic E-state index is -0.756. The fraction of sp³-hybridized carbons (Fsp3) is 0.333. The van der Waals surface area contributed by atoms with Gasteiger partial charge in [0.2, 0.25) is 5.91 Å². The van der Waals surface area contributed by atoms with Gasteiger partial charge in [-0.3, -0.25) is 9.59 Å². The quantitative estimate of drug-likeness (QED) is 0.830. The molecule has 0 saturated heterocycles. The fourth-order valence-corrected chi connectivity index (χ4v) is 3.87. The van der Waals surface area contributed by atoms with Crippen LogP contribution >= 0.6 is 11.6 Å². The fourth-order valence-electron chi connectivity index (χ4n) is 3.67. The lowest BCUT2D eigenvalue weighted by molar-refractivity contribution is -0.121. The van der Waals surface area contributed by atoms with Gasteiger partial charge in [-0.25, -0.2) is 4.39 Å². The minimum Gasteiger partial charge on any atom is -0.345 e. The van der Waals surface area contributed by atoms with Crippen LogP contribution in [-0.4, -0.2) is 30.8 Å². The van der Waals surface area contributed by atoms with Gasteiger partial charge in [-0.15, -0.1) is 0 Å². The third-order valence-corrected chi connectivity index (χ3v) is 5.46. The highest BCUT2D eigenvalue weighted by Gasteiger charge is 2.43. The first-order valence-corrected chi connectivity index (χ1v) is 9.30. The van der Waals surface area contributed by atoms with Crippen molar-refractivity contribution in [1.82, 2.24) is 4.90 Å². The van der Waals surface area contributed by atoms with Crippen LogP contribution in [0.1, 0.15) is 41.6 Å². The van der Waals surface area contributed by atoms with Gasteiger partial charge in [-0.2, -0.15) is 0 Å². The molecule has 0 atom stereocenters. The van der Waals surface area contributed by atoms with E-state index in [1.807, 2.05) is 0 Å². The first kappa shape index (κ1) is 19.4. The van der Waals surface area contributed by atoms with Gasteiger partial charge in [0.25, 0.3) is 5.91 Å². The summed E-state index contributed by atoms with van der Waals surface area (Å²) in [6.45, 7) is 0. The molecule has 27 heavy (non-hydrogen) atoms. The highest BCUT2D eigenvalue weighted by molar-refractivity contribution is 6.34. The molecule has 2 aromatic rings. The molecular weight excluding hydrogens is 367 g/mol. The summed E-state index contributed by atoms with van der Waals surface area (Å²) < 4.78 is 13.8. The molecule has 0 aliphatic heterocycles. The van der Waals surface area contributed by atoms with Crippen molar-refractivity contribution in [2.24, 2.45) is 0 Å². The van der Waals surface area contributed by atoms with Crippen molar-refractivity contribution in [3.63, 3.8) is 0 Å². The van der Waals surface area contributed by atoms with Crippen molar-refractivity contribution < 1.29 is 14.0 Å². The molecule has 142 valence electrons. The molecule has 4 nitrogen and oxygen atoms in total. The number of amides is 2. The zero-order chi connectivity index (χ0) is 19.6. The van der Waals surface area contributed by atoms with Crippen LogP contribution < -0.4 is 5.32 Å². The average Bonchev–Trinajstić information content (AvgIpc) is 3.14. The van der Waals surface area contributed by atoms with Gasteiger partial charge in [0, 0.05) is 19.8 Å². The van der Waals surface area contributed by atoms with Gasteiger partial charge in [0.1, 0.15) is 5.82 Å². The normalized spacial score (nSPS) is 15.4. The standard InChI is InChI=1S/C21H22ClFN2O2/c1-25(2)19(26)17-13-16(8-9-18(17)22)24-20(27)21(10-3-4-11-21)14-6-5-7-15(23)12-14/h5-9,12-13H,3-4,10-11H2,1-2H3,(H,24,27). The maximum Gasteiger partial charge on any atom is 0.254 e. The van der Waals surface area contributed by atoms with Crippen molar-refractivity contribution in [2.45, 2.75) is 31.1 Å². The molecule has 2 aromatic carbocycles.